The molecular formula is C22H20F7N3O2. The molecule has 0 unspecified atom stereocenters. The SMILES string of the molecule is CO[C@]1(c2ccc(F)cc2)CC[C@H](Oc2ccn3c(CC(F)(F)F)nnc3c2C(F)(F)F)CC1. The first-order valence-electron chi connectivity index (χ1n) is 10.4. The highest BCUT2D eigenvalue weighted by Gasteiger charge is 2.42. The van der Waals surface area contributed by atoms with E-state index in [4.69, 9.17) is 9.47 Å². The summed E-state index contributed by atoms with van der Waals surface area (Å²) in [6, 6.07) is 6.83. The van der Waals surface area contributed by atoms with Crippen LogP contribution in [0.2, 0.25) is 0 Å². The summed E-state index contributed by atoms with van der Waals surface area (Å²) in [5.41, 5.74) is -1.99. The predicted molar refractivity (Wildman–Crippen MR) is 106 cm³/mol. The van der Waals surface area contributed by atoms with Gasteiger partial charge in [-0.15, -0.1) is 10.2 Å². The molecule has 2 aromatic heterocycles. The average Bonchev–Trinajstić information content (AvgIpc) is 3.15. The molecule has 184 valence electrons. The van der Waals surface area contributed by atoms with E-state index >= 15 is 0 Å². The van der Waals surface area contributed by atoms with E-state index in [1.807, 2.05) is 0 Å². The molecule has 0 saturated heterocycles. The lowest BCUT2D eigenvalue weighted by Crippen LogP contribution is -2.37. The molecule has 0 aliphatic heterocycles. The number of nitrogens with zero attached hydrogens (tertiary/aromatic N) is 3. The molecule has 0 atom stereocenters. The highest BCUT2D eigenvalue weighted by Crippen LogP contribution is 2.44. The van der Waals surface area contributed by atoms with Gasteiger partial charge in [-0.3, -0.25) is 4.40 Å². The van der Waals surface area contributed by atoms with Crippen molar-refractivity contribution in [1.82, 2.24) is 14.6 Å². The van der Waals surface area contributed by atoms with E-state index in [9.17, 15) is 30.7 Å². The maximum Gasteiger partial charge on any atom is 0.423 e. The van der Waals surface area contributed by atoms with Gasteiger partial charge in [0.25, 0.3) is 0 Å². The summed E-state index contributed by atoms with van der Waals surface area (Å²) in [5.74, 6) is -1.57. The van der Waals surface area contributed by atoms with Crippen molar-refractivity contribution < 1.29 is 40.2 Å². The number of hydrogen-bond acceptors (Lipinski definition) is 4. The van der Waals surface area contributed by atoms with Gasteiger partial charge in [0.05, 0.1) is 11.7 Å². The Morgan fingerprint density at radius 2 is 1.65 bits per heavy atom. The van der Waals surface area contributed by atoms with Crippen molar-refractivity contribution in [2.24, 2.45) is 0 Å². The summed E-state index contributed by atoms with van der Waals surface area (Å²) in [6.07, 6.45) is -9.12. The molecule has 0 N–H and O–H groups in total. The maximum atomic E-state index is 13.9. The van der Waals surface area contributed by atoms with Gasteiger partial charge < -0.3 is 9.47 Å². The number of alkyl halides is 6. The number of benzene rings is 1. The lowest BCUT2D eigenvalue weighted by Gasteiger charge is -2.39. The summed E-state index contributed by atoms with van der Waals surface area (Å²) in [6.45, 7) is 0. The van der Waals surface area contributed by atoms with Crippen LogP contribution < -0.4 is 4.74 Å². The third-order valence-electron chi connectivity index (χ3n) is 6.05. The summed E-state index contributed by atoms with van der Waals surface area (Å²) in [7, 11) is 1.52. The van der Waals surface area contributed by atoms with Crippen molar-refractivity contribution in [3.05, 3.63) is 59.3 Å². The van der Waals surface area contributed by atoms with Gasteiger partial charge in [-0.25, -0.2) is 4.39 Å². The van der Waals surface area contributed by atoms with Crippen LogP contribution in [0.3, 0.4) is 0 Å². The molecule has 1 aliphatic rings. The second kappa shape index (κ2) is 8.71. The van der Waals surface area contributed by atoms with Gasteiger partial charge in [-0.05, 0) is 49.4 Å². The van der Waals surface area contributed by atoms with Crippen LogP contribution in [-0.2, 0) is 22.9 Å². The quantitative estimate of drug-likeness (QED) is 0.420. The zero-order valence-corrected chi connectivity index (χ0v) is 17.9. The highest BCUT2D eigenvalue weighted by atomic mass is 19.4. The van der Waals surface area contributed by atoms with Crippen molar-refractivity contribution in [3.8, 4) is 5.75 Å². The van der Waals surface area contributed by atoms with E-state index in [0.29, 0.717) is 30.1 Å². The Hall–Kier alpha value is -2.89. The van der Waals surface area contributed by atoms with Crippen molar-refractivity contribution in [1.29, 1.82) is 0 Å². The average molecular weight is 491 g/mol. The molecule has 1 aliphatic carbocycles. The minimum atomic E-state index is -4.93. The van der Waals surface area contributed by atoms with Gasteiger partial charge in [0.2, 0.25) is 0 Å². The Bertz CT molecular complexity index is 1150. The number of ether oxygens (including phenoxy) is 2. The Morgan fingerprint density at radius 3 is 2.21 bits per heavy atom. The molecule has 5 nitrogen and oxygen atoms in total. The van der Waals surface area contributed by atoms with Crippen LogP contribution in [0.5, 0.6) is 5.75 Å². The molecule has 34 heavy (non-hydrogen) atoms. The summed E-state index contributed by atoms with van der Waals surface area (Å²) < 4.78 is 105. The second-order valence-corrected chi connectivity index (χ2v) is 8.18. The fourth-order valence-corrected chi connectivity index (χ4v) is 4.37. The van der Waals surface area contributed by atoms with Gasteiger partial charge in [0.1, 0.15) is 29.4 Å². The van der Waals surface area contributed by atoms with Crippen LogP contribution in [0.4, 0.5) is 30.7 Å². The number of hydrogen-bond donors (Lipinski definition) is 0. The van der Waals surface area contributed by atoms with E-state index in [-0.39, 0.29) is 0 Å². The Labute approximate surface area is 189 Å². The number of rotatable bonds is 5. The fourth-order valence-electron chi connectivity index (χ4n) is 4.37. The Balaban J connectivity index is 1.58. The Morgan fingerprint density at radius 1 is 1.00 bits per heavy atom. The molecule has 0 radical (unpaired) electrons. The van der Waals surface area contributed by atoms with Gasteiger partial charge in [0, 0.05) is 13.3 Å². The number of aromatic nitrogens is 3. The summed E-state index contributed by atoms with van der Waals surface area (Å²) in [5, 5.41) is 6.68. The monoisotopic (exact) mass is 491 g/mol. The van der Waals surface area contributed by atoms with Gasteiger partial charge in [0.15, 0.2) is 5.65 Å². The van der Waals surface area contributed by atoms with Crippen molar-refractivity contribution in [2.75, 3.05) is 7.11 Å². The minimum absolute atomic E-state index is 0.347. The first-order valence-corrected chi connectivity index (χ1v) is 10.4. The first-order chi connectivity index (χ1) is 15.9. The normalized spacial score (nSPS) is 21.7. The van der Waals surface area contributed by atoms with E-state index in [0.717, 1.165) is 17.8 Å². The maximum absolute atomic E-state index is 13.9. The summed E-state index contributed by atoms with van der Waals surface area (Å²) in [4.78, 5) is 0. The molecule has 0 amide bonds. The van der Waals surface area contributed by atoms with Crippen LogP contribution in [0, 0.1) is 5.82 Å². The van der Waals surface area contributed by atoms with Gasteiger partial charge in [-0.2, -0.15) is 26.3 Å². The predicted octanol–water partition coefficient (Wildman–Crippen LogP) is 5.86. The van der Waals surface area contributed by atoms with E-state index in [1.165, 1.54) is 19.2 Å². The smallest absolute Gasteiger partial charge is 0.423 e. The largest absolute Gasteiger partial charge is 0.490 e. The molecule has 12 heteroatoms. The second-order valence-electron chi connectivity index (χ2n) is 8.18. The Kier molecular flexibility index (Phi) is 6.21. The molecule has 1 fully saturated rings. The minimum Gasteiger partial charge on any atom is -0.490 e. The molecule has 4 rings (SSSR count). The van der Waals surface area contributed by atoms with E-state index in [1.54, 1.807) is 12.1 Å². The molecule has 1 aromatic carbocycles. The van der Waals surface area contributed by atoms with E-state index < -0.39 is 59.1 Å². The zero-order valence-electron chi connectivity index (χ0n) is 17.9. The van der Waals surface area contributed by atoms with Gasteiger partial charge >= 0.3 is 12.4 Å². The molecule has 3 aromatic rings. The number of halogens is 7. The fraction of sp³-hybridized carbons (Fsp3) is 0.455. The van der Waals surface area contributed by atoms with Crippen LogP contribution in [-0.4, -0.2) is 34.0 Å². The van der Waals surface area contributed by atoms with Crippen LogP contribution >= 0.6 is 0 Å². The van der Waals surface area contributed by atoms with Crippen LogP contribution in [0.15, 0.2) is 36.5 Å². The molecular weight excluding hydrogens is 471 g/mol. The molecule has 0 spiro atoms. The van der Waals surface area contributed by atoms with Crippen molar-refractivity contribution >= 4 is 5.65 Å². The number of methoxy groups -OCH3 is 1. The number of fused-ring (bicyclic) bond motifs is 1. The lowest BCUT2D eigenvalue weighted by molar-refractivity contribution is -0.138. The third kappa shape index (κ3) is 4.82. The molecule has 1 saturated carbocycles. The number of pyridine rings is 1. The highest BCUT2D eigenvalue weighted by molar-refractivity contribution is 5.57. The third-order valence-corrected chi connectivity index (χ3v) is 6.05. The van der Waals surface area contributed by atoms with Crippen LogP contribution in [0.25, 0.3) is 5.65 Å². The van der Waals surface area contributed by atoms with Crippen molar-refractivity contribution in [2.45, 2.75) is 56.2 Å². The summed E-state index contributed by atoms with van der Waals surface area (Å²) >= 11 is 0. The molecule has 0 bridgehead atoms. The first kappa shape index (κ1) is 24.2. The standard InChI is InChI=1S/C22H20F7N3O2/c1-33-20(13-2-4-14(23)5-3-13)9-6-15(7-10-20)34-16-8-11-32-17(12-21(24,25)26)30-31-19(32)18(16)22(27,28)29/h2-5,8,11,15H,6-7,9-10,12H2,1H3/t15-,20+. The molecule has 2 heterocycles. The topological polar surface area (TPSA) is 48.7 Å². The van der Waals surface area contributed by atoms with Gasteiger partial charge in [-0.1, -0.05) is 12.1 Å². The van der Waals surface area contributed by atoms with Crippen molar-refractivity contribution in [3.63, 3.8) is 0 Å². The lowest BCUT2D eigenvalue weighted by atomic mass is 9.78. The van der Waals surface area contributed by atoms with Crippen LogP contribution in [0.1, 0.15) is 42.6 Å². The van der Waals surface area contributed by atoms with E-state index in [2.05, 4.69) is 10.2 Å². The zero-order chi connectivity index (χ0) is 24.7.